The zero-order valence-corrected chi connectivity index (χ0v) is 12.8. The van der Waals surface area contributed by atoms with E-state index in [4.69, 9.17) is 4.74 Å². The summed E-state index contributed by atoms with van der Waals surface area (Å²) in [6.45, 7) is 6.12. The molecule has 0 aromatic heterocycles. The maximum Gasteiger partial charge on any atom is 0.119 e. The number of likely N-dealkylation sites (tertiary alicyclic amines) is 1. The molecule has 110 valence electrons. The maximum atomic E-state index is 5.42. The van der Waals surface area contributed by atoms with E-state index in [0.717, 1.165) is 17.6 Å². The summed E-state index contributed by atoms with van der Waals surface area (Å²) in [7, 11) is 1.77. The van der Waals surface area contributed by atoms with Crippen molar-refractivity contribution in [2.75, 3.05) is 26.7 Å². The normalized spacial score (nSPS) is 30.2. The number of fused-ring (bicyclic) bond motifs is 1. The molecular weight excluding hydrogens is 246 g/mol. The zero-order chi connectivity index (χ0) is 13.9. The molecule has 1 saturated heterocycles. The molecule has 0 spiro atoms. The van der Waals surface area contributed by atoms with Gasteiger partial charge >= 0.3 is 0 Å². The molecule has 0 radical (unpaired) electrons. The van der Waals surface area contributed by atoms with E-state index in [2.05, 4.69) is 36.1 Å². The lowest BCUT2D eigenvalue weighted by Gasteiger charge is -2.41. The Morgan fingerprint density at radius 3 is 2.95 bits per heavy atom. The van der Waals surface area contributed by atoms with Crippen molar-refractivity contribution in [3.8, 4) is 5.75 Å². The van der Waals surface area contributed by atoms with Gasteiger partial charge in [-0.15, -0.1) is 0 Å². The van der Waals surface area contributed by atoms with E-state index in [1.165, 1.54) is 50.9 Å². The summed E-state index contributed by atoms with van der Waals surface area (Å²) >= 11 is 0. The van der Waals surface area contributed by atoms with Crippen molar-refractivity contribution >= 4 is 0 Å². The highest BCUT2D eigenvalue weighted by molar-refractivity contribution is 5.32. The van der Waals surface area contributed by atoms with Crippen LogP contribution < -0.4 is 4.74 Å². The standard InChI is InChI=1S/C18H27NO/c1-3-10-19-12-15-7-5-9-17(15)18(13-19)14-6-4-8-16(11-14)20-2/h4,6,8,11,15,17-18H,3,5,7,9-10,12-13H2,1-2H3. The Labute approximate surface area is 123 Å². The predicted octanol–water partition coefficient (Wildman–Crippen LogP) is 3.92. The van der Waals surface area contributed by atoms with Crippen LogP contribution in [0.2, 0.25) is 0 Å². The van der Waals surface area contributed by atoms with Crippen molar-refractivity contribution in [1.29, 1.82) is 0 Å². The van der Waals surface area contributed by atoms with E-state index in [0.29, 0.717) is 5.92 Å². The number of hydrogen-bond donors (Lipinski definition) is 0. The van der Waals surface area contributed by atoms with Crippen LogP contribution in [0.5, 0.6) is 5.75 Å². The Morgan fingerprint density at radius 2 is 2.15 bits per heavy atom. The molecule has 2 nitrogen and oxygen atoms in total. The molecular formula is C18H27NO. The first kappa shape index (κ1) is 13.9. The molecule has 1 aliphatic heterocycles. The third kappa shape index (κ3) is 2.71. The average molecular weight is 273 g/mol. The summed E-state index contributed by atoms with van der Waals surface area (Å²) in [5.41, 5.74) is 1.49. The Morgan fingerprint density at radius 1 is 1.25 bits per heavy atom. The Hall–Kier alpha value is -1.02. The lowest BCUT2D eigenvalue weighted by molar-refractivity contribution is 0.115. The van der Waals surface area contributed by atoms with Gasteiger partial charge < -0.3 is 9.64 Å². The van der Waals surface area contributed by atoms with Crippen molar-refractivity contribution in [2.45, 2.75) is 38.5 Å². The SMILES string of the molecule is CCCN1CC2CCCC2C(c2cccc(OC)c2)C1. The van der Waals surface area contributed by atoms with Crippen LogP contribution >= 0.6 is 0 Å². The summed E-state index contributed by atoms with van der Waals surface area (Å²) in [4.78, 5) is 2.69. The van der Waals surface area contributed by atoms with Crippen LogP contribution in [0.15, 0.2) is 24.3 Å². The molecule has 3 rings (SSSR count). The Balaban J connectivity index is 1.84. The third-order valence-corrected chi connectivity index (χ3v) is 5.24. The third-order valence-electron chi connectivity index (χ3n) is 5.24. The lowest BCUT2D eigenvalue weighted by atomic mass is 9.76. The first-order chi connectivity index (χ1) is 9.81. The highest BCUT2D eigenvalue weighted by atomic mass is 16.5. The van der Waals surface area contributed by atoms with E-state index in [-0.39, 0.29) is 0 Å². The van der Waals surface area contributed by atoms with Crippen molar-refractivity contribution in [3.05, 3.63) is 29.8 Å². The molecule has 1 aromatic carbocycles. The largest absolute Gasteiger partial charge is 0.497 e. The van der Waals surface area contributed by atoms with Gasteiger partial charge in [-0.1, -0.05) is 25.5 Å². The van der Waals surface area contributed by atoms with Crippen LogP contribution in [-0.2, 0) is 0 Å². The molecule has 1 heterocycles. The quantitative estimate of drug-likeness (QED) is 0.824. The van der Waals surface area contributed by atoms with Crippen molar-refractivity contribution in [3.63, 3.8) is 0 Å². The van der Waals surface area contributed by atoms with Gasteiger partial charge in [0.2, 0.25) is 0 Å². The Bertz CT molecular complexity index is 445. The molecule has 1 aliphatic carbocycles. The fourth-order valence-electron chi connectivity index (χ4n) is 4.37. The van der Waals surface area contributed by atoms with Gasteiger partial charge in [-0.2, -0.15) is 0 Å². The maximum absolute atomic E-state index is 5.42. The monoisotopic (exact) mass is 273 g/mol. The molecule has 2 heteroatoms. The fraction of sp³-hybridized carbons (Fsp3) is 0.667. The number of rotatable bonds is 4. The van der Waals surface area contributed by atoms with Gasteiger partial charge in [-0.05, 0) is 61.3 Å². The smallest absolute Gasteiger partial charge is 0.119 e. The predicted molar refractivity (Wildman–Crippen MR) is 83.3 cm³/mol. The second kappa shape index (κ2) is 6.17. The van der Waals surface area contributed by atoms with Gasteiger partial charge in [-0.3, -0.25) is 0 Å². The number of ether oxygens (including phenoxy) is 1. The topological polar surface area (TPSA) is 12.5 Å². The minimum atomic E-state index is 0.706. The number of hydrogen-bond acceptors (Lipinski definition) is 2. The number of piperidine rings is 1. The van der Waals surface area contributed by atoms with Gasteiger partial charge in [0.25, 0.3) is 0 Å². The summed E-state index contributed by atoms with van der Waals surface area (Å²) in [6, 6.07) is 8.77. The summed E-state index contributed by atoms with van der Waals surface area (Å²) in [5.74, 6) is 3.53. The zero-order valence-electron chi connectivity index (χ0n) is 12.8. The molecule has 3 atom stereocenters. The molecule has 3 unspecified atom stereocenters. The summed E-state index contributed by atoms with van der Waals surface area (Å²) in [6.07, 6.45) is 5.55. The van der Waals surface area contributed by atoms with E-state index in [9.17, 15) is 0 Å². The highest BCUT2D eigenvalue weighted by Crippen LogP contribution is 2.45. The van der Waals surface area contributed by atoms with E-state index < -0.39 is 0 Å². The molecule has 1 aromatic rings. The van der Waals surface area contributed by atoms with Gasteiger partial charge in [0, 0.05) is 13.1 Å². The Kier molecular flexibility index (Phi) is 4.30. The van der Waals surface area contributed by atoms with Crippen LogP contribution in [0.3, 0.4) is 0 Å². The molecule has 1 saturated carbocycles. The second-order valence-electron chi connectivity index (χ2n) is 6.50. The van der Waals surface area contributed by atoms with E-state index in [1.807, 2.05) is 0 Å². The fourth-order valence-corrected chi connectivity index (χ4v) is 4.37. The van der Waals surface area contributed by atoms with Crippen LogP contribution in [-0.4, -0.2) is 31.6 Å². The van der Waals surface area contributed by atoms with E-state index in [1.54, 1.807) is 7.11 Å². The lowest BCUT2D eigenvalue weighted by Crippen LogP contribution is -2.43. The molecule has 2 fully saturated rings. The van der Waals surface area contributed by atoms with Crippen LogP contribution in [0.4, 0.5) is 0 Å². The van der Waals surface area contributed by atoms with Gasteiger partial charge in [-0.25, -0.2) is 0 Å². The molecule has 2 aliphatic rings. The van der Waals surface area contributed by atoms with Crippen LogP contribution in [0, 0.1) is 11.8 Å². The van der Waals surface area contributed by atoms with Gasteiger partial charge in [0.15, 0.2) is 0 Å². The van der Waals surface area contributed by atoms with Crippen LogP contribution in [0.1, 0.15) is 44.1 Å². The van der Waals surface area contributed by atoms with Gasteiger partial charge in [0.1, 0.15) is 5.75 Å². The van der Waals surface area contributed by atoms with Crippen molar-refractivity contribution < 1.29 is 4.74 Å². The molecule has 0 bridgehead atoms. The summed E-state index contributed by atoms with van der Waals surface area (Å²) in [5, 5.41) is 0. The second-order valence-corrected chi connectivity index (χ2v) is 6.50. The minimum Gasteiger partial charge on any atom is -0.497 e. The number of nitrogens with zero attached hydrogens (tertiary/aromatic N) is 1. The molecule has 20 heavy (non-hydrogen) atoms. The molecule has 0 amide bonds. The summed E-state index contributed by atoms with van der Waals surface area (Å²) < 4.78 is 5.42. The number of methoxy groups -OCH3 is 1. The number of benzene rings is 1. The molecule has 0 N–H and O–H groups in total. The van der Waals surface area contributed by atoms with Crippen molar-refractivity contribution in [2.24, 2.45) is 11.8 Å². The highest BCUT2D eigenvalue weighted by Gasteiger charge is 2.39. The minimum absolute atomic E-state index is 0.706. The first-order valence-electron chi connectivity index (χ1n) is 8.18. The van der Waals surface area contributed by atoms with E-state index >= 15 is 0 Å². The average Bonchev–Trinajstić information content (AvgIpc) is 2.95. The first-order valence-corrected chi connectivity index (χ1v) is 8.18. The van der Waals surface area contributed by atoms with Crippen molar-refractivity contribution in [1.82, 2.24) is 4.90 Å². The van der Waals surface area contributed by atoms with Crippen LogP contribution in [0.25, 0.3) is 0 Å². The van der Waals surface area contributed by atoms with Gasteiger partial charge in [0.05, 0.1) is 7.11 Å².